The number of benzene rings is 1. The smallest absolute Gasteiger partial charge is 0.0860 e. The highest BCUT2D eigenvalue weighted by Crippen LogP contribution is 2.24. The zero-order chi connectivity index (χ0) is 15.4. The molecule has 1 aromatic carbocycles. The lowest BCUT2D eigenvalue weighted by Crippen LogP contribution is -2.32. The van der Waals surface area contributed by atoms with Crippen LogP contribution >= 0.6 is 0 Å². The summed E-state index contributed by atoms with van der Waals surface area (Å²) in [6.07, 6.45) is 8.23. The van der Waals surface area contributed by atoms with E-state index < -0.39 is 6.10 Å². The van der Waals surface area contributed by atoms with Crippen molar-refractivity contribution in [3.05, 3.63) is 53.3 Å². The minimum atomic E-state index is -0.431. The molecule has 4 nitrogen and oxygen atoms in total. The number of aliphatic hydroxyl groups excluding tert-OH is 1. The van der Waals surface area contributed by atoms with Gasteiger partial charge in [-0.1, -0.05) is 18.2 Å². The van der Waals surface area contributed by atoms with E-state index in [1.165, 1.54) is 42.4 Å². The van der Waals surface area contributed by atoms with Crippen LogP contribution in [0, 0.1) is 0 Å². The van der Waals surface area contributed by atoms with Crippen LogP contribution in [0.3, 0.4) is 0 Å². The van der Waals surface area contributed by atoms with E-state index in [1.54, 1.807) is 10.9 Å². The van der Waals surface area contributed by atoms with Crippen LogP contribution in [0.5, 0.6) is 0 Å². The maximum Gasteiger partial charge on any atom is 0.0860 e. The second-order valence-corrected chi connectivity index (χ2v) is 6.25. The van der Waals surface area contributed by atoms with Gasteiger partial charge in [-0.25, -0.2) is 0 Å². The Kier molecular flexibility index (Phi) is 4.90. The molecule has 0 spiro atoms. The van der Waals surface area contributed by atoms with Crippen LogP contribution in [-0.4, -0.2) is 27.5 Å². The molecule has 0 saturated heterocycles. The fourth-order valence-corrected chi connectivity index (χ4v) is 3.14. The number of nitrogens with zero attached hydrogens (tertiary/aromatic N) is 2. The molecule has 0 fully saturated rings. The molecule has 2 aromatic rings. The highest BCUT2D eigenvalue weighted by molar-refractivity contribution is 5.35. The van der Waals surface area contributed by atoms with Crippen LogP contribution < -0.4 is 5.32 Å². The lowest BCUT2D eigenvalue weighted by molar-refractivity contribution is 0.143. The fraction of sp³-hybridized carbons (Fsp3) is 0.500. The molecule has 1 heterocycles. The molecule has 4 heteroatoms. The quantitative estimate of drug-likeness (QED) is 0.861. The van der Waals surface area contributed by atoms with Crippen molar-refractivity contribution in [2.24, 2.45) is 0 Å². The predicted molar refractivity (Wildman–Crippen MR) is 87.7 cm³/mol. The summed E-state index contributed by atoms with van der Waals surface area (Å²) in [5.41, 5.74) is 4.34. The van der Waals surface area contributed by atoms with Gasteiger partial charge in [0, 0.05) is 25.0 Å². The van der Waals surface area contributed by atoms with Gasteiger partial charge in [-0.3, -0.25) is 4.68 Å². The summed E-state index contributed by atoms with van der Waals surface area (Å²) < 4.78 is 1.76. The first-order chi connectivity index (χ1) is 10.7. The van der Waals surface area contributed by atoms with Crippen molar-refractivity contribution in [2.45, 2.75) is 51.3 Å². The molecule has 118 valence electrons. The van der Waals surface area contributed by atoms with Crippen molar-refractivity contribution >= 4 is 0 Å². The van der Waals surface area contributed by atoms with Crippen molar-refractivity contribution in [1.29, 1.82) is 0 Å². The van der Waals surface area contributed by atoms with Crippen LogP contribution in [0.1, 0.15) is 42.5 Å². The third-order valence-corrected chi connectivity index (χ3v) is 4.49. The van der Waals surface area contributed by atoms with E-state index in [0.717, 1.165) is 0 Å². The van der Waals surface area contributed by atoms with Gasteiger partial charge in [0.25, 0.3) is 0 Å². The molecule has 0 saturated carbocycles. The number of aliphatic hydroxyl groups is 1. The first kappa shape index (κ1) is 15.3. The maximum absolute atomic E-state index is 10.1. The number of hydrogen-bond donors (Lipinski definition) is 2. The molecule has 1 aliphatic rings. The van der Waals surface area contributed by atoms with Crippen molar-refractivity contribution in [1.82, 2.24) is 15.1 Å². The summed E-state index contributed by atoms with van der Waals surface area (Å²) in [4.78, 5) is 0. The summed E-state index contributed by atoms with van der Waals surface area (Å²) in [6.45, 7) is 3.25. The lowest BCUT2D eigenvalue weighted by Gasteiger charge is -2.21. The van der Waals surface area contributed by atoms with Crippen LogP contribution in [0.15, 0.2) is 36.7 Å². The molecule has 1 aliphatic carbocycles. The van der Waals surface area contributed by atoms with Crippen molar-refractivity contribution in [3.8, 4) is 0 Å². The average molecular weight is 299 g/mol. The number of rotatable bonds is 6. The Morgan fingerprint density at radius 2 is 2.09 bits per heavy atom. The van der Waals surface area contributed by atoms with Gasteiger partial charge in [-0.2, -0.15) is 5.10 Å². The summed E-state index contributed by atoms with van der Waals surface area (Å²) in [6, 6.07) is 8.96. The Bertz CT molecular complexity index is 594. The summed E-state index contributed by atoms with van der Waals surface area (Å²) >= 11 is 0. The molecule has 0 bridgehead atoms. The van der Waals surface area contributed by atoms with Crippen molar-refractivity contribution in [3.63, 3.8) is 0 Å². The third kappa shape index (κ3) is 3.76. The zero-order valence-electron chi connectivity index (χ0n) is 13.2. The number of hydrogen-bond acceptors (Lipinski definition) is 3. The average Bonchev–Trinajstić information content (AvgIpc) is 3.05. The fourth-order valence-electron chi connectivity index (χ4n) is 3.14. The summed E-state index contributed by atoms with van der Waals surface area (Å²) in [5.74, 6) is 0. The Morgan fingerprint density at radius 3 is 2.86 bits per heavy atom. The van der Waals surface area contributed by atoms with E-state index in [9.17, 15) is 5.11 Å². The molecule has 2 atom stereocenters. The molecule has 2 N–H and O–H groups in total. The first-order valence-corrected chi connectivity index (χ1v) is 8.23. The van der Waals surface area contributed by atoms with Gasteiger partial charge in [0.2, 0.25) is 0 Å². The van der Waals surface area contributed by atoms with Crippen LogP contribution in [0.25, 0.3) is 0 Å². The highest BCUT2D eigenvalue weighted by atomic mass is 16.3. The SMILES string of the molecule is C[C@H](NC[C@@H](O)Cn1cccn1)c1ccc2c(c1)CCCC2. The van der Waals surface area contributed by atoms with Gasteiger partial charge in [0.15, 0.2) is 0 Å². The van der Waals surface area contributed by atoms with Gasteiger partial charge in [0.05, 0.1) is 12.6 Å². The summed E-state index contributed by atoms with van der Waals surface area (Å²) in [5, 5.41) is 17.6. The highest BCUT2D eigenvalue weighted by Gasteiger charge is 2.13. The van der Waals surface area contributed by atoms with Crippen LogP contribution in [0.4, 0.5) is 0 Å². The summed E-state index contributed by atoms with van der Waals surface area (Å²) in [7, 11) is 0. The molecule has 0 radical (unpaired) electrons. The molecule has 0 unspecified atom stereocenters. The molecular formula is C18H25N3O. The minimum Gasteiger partial charge on any atom is -0.390 e. The van der Waals surface area contributed by atoms with E-state index >= 15 is 0 Å². The third-order valence-electron chi connectivity index (χ3n) is 4.49. The van der Waals surface area contributed by atoms with E-state index in [2.05, 4.69) is 35.5 Å². The Balaban J connectivity index is 1.54. The second kappa shape index (κ2) is 7.07. The molecular weight excluding hydrogens is 274 g/mol. The molecule has 0 amide bonds. The van der Waals surface area contributed by atoms with Gasteiger partial charge in [0.1, 0.15) is 0 Å². The Hall–Kier alpha value is -1.65. The number of fused-ring (bicyclic) bond motifs is 1. The van der Waals surface area contributed by atoms with E-state index in [4.69, 9.17) is 0 Å². The Morgan fingerprint density at radius 1 is 1.27 bits per heavy atom. The molecule has 3 rings (SSSR count). The van der Waals surface area contributed by atoms with Gasteiger partial charge in [-0.05, 0) is 55.4 Å². The first-order valence-electron chi connectivity index (χ1n) is 8.23. The standard InChI is InChI=1S/C18H25N3O/c1-14(19-12-18(22)13-21-10-4-9-20-21)16-8-7-15-5-2-3-6-17(15)11-16/h4,7-11,14,18-19,22H,2-3,5-6,12-13H2,1H3/t14-,18+/m0/s1. The molecule has 0 aliphatic heterocycles. The van der Waals surface area contributed by atoms with Crippen molar-refractivity contribution in [2.75, 3.05) is 6.54 Å². The number of nitrogens with one attached hydrogen (secondary N) is 1. The van der Waals surface area contributed by atoms with E-state index in [1.807, 2.05) is 12.3 Å². The molecule has 1 aromatic heterocycles. The minimum absolute atomic E-state index is 0.250. The maximum atomic E-state index is 10.1. The monoisotopic (exact) mass is 299 g/mol. The van der Waals surface area contributed by atoms with E-state index in [0.29, 0.717) is 13.1 Å². The lowest BCUT2D eigenvalue weighted by atomic mass is 9.89. The van der Waals surface area contributed by atoms with Crippen LogP contribution in [0.2, 0.25) is 0 Å². The largest absolute Gasteiger partial charge is 0.390 e. The zero-order valence-corrected chi connectivity index (χ0v) is 13.2. The van der Waals surface area contributed by atoms with Crippen molar-refractivity contribution < 1.29 is 5.11 Å². The molecule has 22 heavy (non-hydrogen) atoms. The van der Waals surface area contributed by atoms with Gasteiger partial charge < -0.3 is 10.4 Å². The van der Waals surface area contributed by atoms with Crippen LogP contribution in [-0.2, 0) is 19.4 Å². The normalized spacial score (nSPS) is 17.0. The number of aromatic nitrogens is 2. The second-order valence-electron chi connectivity index (χ2n) is 6.25. The topological polar surface area (TPSA) is 50.1 Å². The van der Waals surface area contributed by atoms with Gasteiger partial charge >= 0.3 is 0 Å². The predicted octanol–water partition coefficient (Wildman–Crippen LogP) is 2.47. The number of aryl methyl sites for hydroxylation is 2. The Labute approximate surface area is 132 Å². The van der Waals surface area contributed by atoms with Gasteiger partial charge in [-0.15, -0.1) is 0 Å². The van der Waals surface area contributed by atoms with E-state index in [-0.39, 0.29) is 6.04 Å².